The average molecular weight is 422 g/mol. The number of carbonyl (C=O) groups is 1. The Labute approximate surface area is 186 Å². The van der Waals surface area contributed by atoms with Gasteiger partial charge in [0, 0.05) is 34.8 Å². The summed E-state index contributed by atoms with van der Waals surface area (Å²) in [5.74, 6) is 0.438. The van der Waals surface area contributed by atoms with Crippen molar-refractivity contribution in [3.63, 3.8) is 0 Å². The lowest BCUT2D eigenvalue weighted by molar-refractivity contribution is 0.0955. The Kier molecular flexibility index (Phi) is 6.28. The molecular formula is C26H22N4O2. The van der Waals surface area contributed by atoms with E-state index >= 15 is 0 Å². The molecule has 4 aromatic rings. The fourth-order valence-electron chi connectivity index (χ4n) is 3.48. The van der Waals surface area contributed by atoms with Crippen LogP contribution in [0.5, 0.6) is 5.75 Å². The normalized spacial score (nSPS) is 10.9. The van der Waals surface area contributed by atoms with E-state index in [1.807, 2.05) is 55.6 Å². The third-order valence-electron chi connectivity index (χ3n) is 5.05. The lowest BCUT2D eigenvalue weighted by atomic mass is 10.1. The van der Waals surface area contributed by atoms with Crippen molar-refractivity contribution >= 4 is 23.0 Å². The van der Waals surface area contributed by atoms with Crippen molar-refractivity contribution in [1.82, 2.24) is 9.99 Å². The highest BCUT2D eigenvalue weighted by atomic mass is 16.5. The quantitative estimate of drug-likeness (QED) is 0.346. The highest BCUT2D eigenvalue weighted by molar-refractivity contribution is 6.00. The van der Waals surface area contributed by atoms with Crippen LogP contribution in [0.2, 0.25) is 0 Å². The fraction of sp³-hybridized carbons (Fsp3) is 0.115. The van der Waals surface area contributed by atoms with E-state index in [1.54, 1.807) is 30.5 Å². The monoisotopic (exact) mass is 422 g/mol. The van der Waals surface area contributed by atoms with Crippen LogP contribution in [0.15, 0.2) is 84.1 Å². The van der Waals surface area contributed by atoms with Crippen LogP contribution >= 0.6 is 0 Å². The molecule has 0 atom stereocenters. The second-order valence-corrected chi connectivity index (χ2v) is 7.19. The molecule has 1 heterocycles. The van der Waals surface area contributed by atoms with Gasteiger partial charge in [-0.15, -0.1) is 0 Å². The summed E-state index contributed by atoms with van der Waals surface area (Å²) >= 11 is 0. The molecule has 4 rings (SSSR count). The zero-order chi connectivity index (χ0) is 22.3. The zero-order valence-corrected chi connectivity index (χ0v) is 17.7. The van der Waals surface area contributed by atoms with Gasteiger partial charge in [0.25, 0.3) is 5.91 Å². The third-order valence-corrected chi connectivity index (χ3v) is 5.05. The Morgan fingerprint density at radius 2 is 1.84 bits per heavy atom. The third kappa shape index (κ3) is 4.68. The molecule has 0 saturated heterocycles. The predicted octanol–water partition coefficient (Wildman–Crippen LogP) is 4.72. The van der Waals surface area contributed by atoms with Gasteiger partial charge in [-0.2, -0.15) is 10.4 Å². The number of benzene rings is 3. The molecule has 0 aliphatic carbocycles. The number of nitrogens with one attached hydrogen (secondary N) is 1. The van der Waals surface area contributed by atoms with E-state index in [-0.39, 0.29) is 5.91 Å². The van der Waals surface area contributed by atoms with Gasteiger partial charge in [0.15, 0.2) is 0 Å². The van der Waals surface area contributed by atoms with Crippen molar-refractivity contribution < 1.29 is 9.53 Å². The SMILES string of the molecule is CCOc1ccc(C(=O)N/N=C/c2cn(Cc3ccc(C#N)cc3)c3ccccc23)cc1. The van der Waals surface area contributed by atoms with E-state index < -0.39 is 0 Å². The van der Waals surface area contributed by atoms with Crippen LogP contribution in [0.3, 0.4) is 0 Å². The number of amides is 1. The summed E-state index contributed by atoms with van der Waals surface area (Å²) in [4.78, 5) is 12.4. The smallest absolute Gasteiger partial charge is 0.271 e. The first-order chi connectivity index (χ1) is 15.7. The summed E-state index contributed by atoms with van der Waals surface area (Å²) < 4.78 is 7.53. The van der Waals surface area contributed by atoms with Crippen molar-refractivity contribution in [3.8, 4) is 11.8 Å². The van der Waals surface area contributed by atoms with Crippen LogP contribution in [0.1, 0.15) is 34.0 Å². The summed E-state index contributed by atoms with van der Waals surface area (Å²) in [6.45, 7) is 3.16. The van der Waals surface area contributed by atoms with Gasteiger partial charge in [-0.3, -0.25) is 4.79 Å². The van der Waals surface area contributed by atoms with Crippen molar-refractivity contribution in [2.45, 2.75) is 13.5 Å². The van der Waals surface area contributed by atoms with Crippen molar-refractivity contribution in [1.29, 1.82) is 5.26 Å². The Morgan fingerprint density at radius 1 is 1.09 bits per heavy atom. The first-order valence-corrected chi connectivity index (χ1v) is 10.3. The molecule has 6 heteroatoms. The Hall–Kier alpha value is -4.37. The lowest BCUT2D eigenvalue weighted by Crippen LogP contribution is -2.17. The van der Waals surface area contributed by atoms with Crippen molar-refractivity contribution in [2.75, 3.05) is 6.61 Å². The maximum Gasteiger partial charge on any atom is 0.271 e. The Morgan fingerprint density at radius 3 is 2.56 bits per heavy atom. The number of nitriles is 1. The minimum atomic E-state index is -0.286. The fourth-order valence-corrected chi connectivity index (χ4v) is 3.48. The van der Waals surface area contributed by atoms with Gasteiger partial charge in [-0.1, -0.05) is 30.3 Å². The second-order valence-electron chi connectivity index (χ2n) is 7.19. The highest BCUT2D eigenvalue weighted by Gasteiger charge is 2.08. The molecule has 1 amide bonds. The van der Waals surface area contributed by atoms with Crippen LogP contribution in [0.25, 0.3) is 10.9 Å². The standard InChI is InChI=1S/C26H22N4O2/c1-2-32-23-13-11-21(12-14-23)26(31)29-28-16-22-18-30(25-6-4-3-5-24(22)25)17-20-9-7-19(15-27)8-10-20/h3-14,16,18H,2,17H2,1H3,(H,29,31)/b28-16+. The molecule has 0 unspecified atom stereocenters. The molecule has 32 heavy (non-hydrogen) atoms. The number of nitrogens with zero attached hydrogens (tertiary/aromatic N) is 3. The van der Waals surface area contributed by atoms with E-state index in [4.69, 9.17) is 10.00 Å². The van der Waals surface area contributed by atoms with Gasteiger partial charge in [-0.05, 0) is 55.0 Å². The van der Waals surface area contributed by atoms with Crippen LogP contribution in [0.4, 0.5) is 0 Å². The summed E-state index contributed by atoms with van der Waals surface area (Å²) in [6.07, 6.45) is 3.67. The molecule has 158 valence electrons. The number of ether oxygens (including phenoxy) is 1. The zero-order valence-electron chi connectivity index (χ0n) is 17.7. The molecular weight excluding hydrogens is 400 g/mol. The Bertz CT molecular complexity index is 1300. The first kappa shape index (κ1) is 20.9. The number of aromatic nitrogens is 1. The predicted molar refractivity (Wildman–Crippen MR) is 125 cm³/mol. The van der Waals surface area contributed by atoms with Gasteiger partial charge in [0.1, 0.15) is 5.75 Å². The topological polar surface area (TPSA) is 79.4 Å². The Balaban J connectivity index is 1.50. The number of para-hydroxylation sites is 1. The van der Waals surface area contributed by atoms with Gasteiger partial charge in [-0.25, -0.2) is 5.43 Å². The van der Waals surface area contributed by atoms with Gasteiger partial charge < -0.3 is 9.30 Å². The molecule has 0 fully saturated rings. The van der Waals surface area contributed by atoms with E-state index in [2.05, 4.69) is 27.2 Å². The lowest BCUT2D eigenvalue weighted by Gasteiger charge is -2.05. The summed E-state index contributed by atoms with van der Waals surface area (Å²) in [5.41, 5.74) is 6.80. The summed E-state index contributed by atoms with van der Waals surface area (Å²) in [6, 6.07) is 24.7. The van der Waals surface area contributed by atoms with Gasteiger partial charge >= 0.3 is 0 Å². The number of rotatable bonds is 7. The van der Waals surface area contributed by atoms with Crippen LogP contribution in [-0.2, 0) is 6.54 Å². The molecule has 0 radical (unpaired) electrons. The minimum absolute atomic E-state index is 0.286. The van der Waals surface area contributed by atoms with Crippen molar-refractivity contribution in [2.24, 2.45) is 5.10 Å². The number of hydrogen-bond donors (Lipinski definition) is 1. The molecule has 0 saturated carbocycles. The van der Waals surface area contributed by atoms with E-state index in [0.29, 0.717) is 24.3 Å². The molecule has 0 spiro atoms. The van der Waals surface area contributed by atoms with Crippen LogP contribution in [-0.4, -0.2) is 23.3 Å². The molecule has 1 aromatic heterocycles. The maximum atomic E-state index is 12.4. The maximum absolute atomic E-state index is 12.4. The van der Waals surface area contributed by atoms with E-state index in [0.717, 1.165) is 27.8 Å². The number of hydrazone groups is 1. The molecule has 1 N–H and O–H groups in total. The number of carbonyl (C=O) groups excluding carboxylic acids is 1. The summed E-state index contributed by atoms with van der Waals surface area (Å²) in [5, 5.41) is 14.2. The van der Waals surface area contributed by atoms with E-state index in [1.165, 1.54) is 0 Å². The van der Waals surface area contributed by atoms with Gasteiger partial charge in [0.2, 0.25) is 0 Å². The molecule has 3 aromatic carbocycles. The molecule has 6 nitrogen and oxygen atoms in total. The summed E-state index contributed by atoms with van der Waals surface area (Å²) in [7, 11) is 0. The highest BCUT2D eigenvalue weighted by Crippen LogP contribution is 2.21. The largest absolute Gasteiger partial charge is 0.494 e. The van der Waals surface area contributed by atoms with Gasteiger partial charge in [0.05, 0.1) is 24.5 Å². The van der Waals surface area contributed by atoms with Crippen LogP contribution < -0.4 is 10.2 Å². The van der Waals surface area contributed by atoms with E-state index in [9.17, 15) is 4.79 Å². The molecule has 0 bridgehead atoms. The number of fused-ring (bicyclic) bond motifs is 1. The van der Waals surface area contributed by atoms with Crippen LogP contribution in [0, 0.1) is 11.3 Å². The molecule has 0 aliphatic rings. The number of hydrogen-bond acceptors (Lipinski definition) is 4. The van der Waals surface area contributed by atoms with Crippen molar-refractivity contribution in [3.05, 3.63) is 101 Å². The first-order valence-electron chi connectivity index (χ1n) is 10.3. The average Bonchev–Trinajstić information content (AvgIpc) is 3.17. The second kappa shape index (κ2) is 9.63. The minimum Gasteiger partial charge on any atom is -0.494 e. The molecule has 0 aliphatic heterocycles.